The third kappa shape index (κ3) is 3.36. The van der Waals surface area contributed by atoms with E-state index >= 15 is 0 Å². The van der Waals surface area contributed by atoms with Gasteiger partial charge in [0.1, 0.15) is 5.75 Å². The summed E-state index contributed by atoms with van der Waals surface area (Å²) in [5.74, 6) is 0.821. The Morgan fingerprint density at radius 2 is 2.00 bits per heavy atom. The minimum absolute atomic E-state index is 0.408. The number of aromatic nitrogens is 1. The van der Waals surface area contributed by atoms with Crippen LogP contribution in [0.25, 0.3) is 0 Å². The molecule has 1 aromatic carbocycles. The number of halogens is 1. The molecular weight excluding hydrogens is 286 g/mol. The van der Waals surface area contributed by atoms with Gasteiger partial charge in [0.2, 0.25) is 0 Å². The Morgan fingerprint density at radius 3 is 2.62 bits per heavy atom. The van der Waals surface area contributed by atoms with E-state index in [2.05, 4.69) is 4.98 Å². The number of benzene rings is 1. The number of hydrogen-bond acceptors (Lipinski definition) is 3. The molecule has 3 nitrogen and oxygen atoms in total. The highest BCUT2D eigenvalue weighted by molar-refractivity contribution is 6.31. The number of pyridine rings is 1. The molecule has 1 unspecified atom stereocenters. The Labute approximate surface area is 130 Å². The van der Waals surface area contributed by atoms with Gasteiger partial charge >= 0.3 is 0 Å². The Morgan fingerprint density at radius 1 is 1.29 bits per heavy atom. The van der Waals surface area contributed by atoms with Crippen LogP contribution in [-0.2, 0) is 6.42 Å². The third-order valence-corrected chi connectivity index (χ3v) is 3.98. The molecule has 4 heteroatoms. The molecule has 0 saturated heterocycles. The van der Waals surface area contributed by atoms with Crippen molar-refractivity contribution in [3.63, 3.8) is 0 Å². The molecule has 1 aromatic heterocycles. The molecule has 1 heterocycles. The Kier molecular flexibility index (Phi) is 4.86. The lowest BCUT2D eigenvalue weighted by atomic mass is 10.00. The van der Waals surface area contributed by atoms with Crippen molar-refractivity contribution in [2.24, 2.45) is 0 Å². The number of nitrogens with zero attached hydrogens (tertiary/aromatic N) is 1. The summed E-state index contributed by atoms with van der Waals surface area (Å²) in [5, 5.41) is 11.0. The van der Waals surface area contributed by atoms with Crippen molar-refractivity contribution in [3.8, 4) is 5.75 Å². The van der Waals surface area contributed by atoms with Gasteiger partial charge in [0.15, 0.2) is 0 Å². The molecule has 0 spiro atoms. The van der Waals surface area contributed by atoms with Crippen LogP contribution >= 0.6 is 11.6 Å². The zero-order chi connectivity index (χ0) is 15.6. The van der Waals surface area contributed by atoms with E-state index in [-0.39, 0.29) is 0 Å². The lowest BCUT2D eigenvalue weighted by Gasteiger charge is -2.16. The maximum atomic E-state index is 10.4. The molecule has 2 rings (SSSR count). The molecule has 112 valence electrons. The predicted octanol–water partition coefficient (Wildman–Crippen LogP) is 3.94. The lowest BCUT2D eigenvalue weighted by Crippen LogP contribution is -2.07. The summed E-state index contributed by atoms with van der Waals surface area (Å²) >= 11 is 6.21. The van der Waals surface area contributed by atoms with Crippen molar-refractivity contribution in [2.45, 2.75) is 33.3 Å². The maximum Gasteiger partial charge on any atom is 0.128 e. The van der Waals surface area contributed by atoms with E-state index in [1.807, 2.05) is 39.0 Å². The van der Waals surface area contributed by atoms with Crippen LogP contribution in [-0.4, -0.2) is 17.2 Å². The monoisotopic (exact) mass is 305 g/mol. The van der Waals surface area contributed by atoms with Crippen LogP contribution < -0.4 is 4.74 Å². The van der Waals surface area contributed by atoms with E-state index in [4.69, 9.17) is 16.3 Å². The SMILES string of the molecule is COc1c(C)cnc(CC(O)c2ccc(C)cc2Cl)c1C. The lowest BCUT2D eigenvalue weighted by molar-refractivity contribution is 0.177. The summed E-state index contributed by atoms with van der Waals surface area (Å²) in [6.07, 6.45) is 1.49. The average Bonchev–Trinajstić information content (AvgIpc) is 2.42. The summed E-state index contributed by atoms with van der Waals surface area (Å²) in [5.41, 5.74) is 4.56. The van der Waals surface area contributed by atoms with Crippen LogP contribution in [0.2, 0.25) is 5.02 Å². The molecule has 0 fully saturated rings. The van der Waals surface area contributed by atoms with Crippen molar-refractivity contribution < 1.29 is 9.84 Å². The molecule has 1 N–H and O–H groups in total. The van der Waals surface area contributed by atoms with Gasteiger partial charge in [0, 0.05) is 34.5 Å². The second-order valence-electron chi connectivity index (χ2n) is 5.29. The molecular formula is C17H20ClNO2. The van der Waals surface area contributed by atoms with Gasteiger partial charge in [-0.1, -0.05) is 23.7 Å². The molecule has 1 atom stereocenters. The fourth-order valence-electron chi connectivity index (χ4n) is 2.47. The summed E-state index contributed by atoms with van der Waals surface area (Å²) in [6, 6.07) is 5.67. The molecule has 21 heavy (non-hydrogen) atoms. The van der Waals surface area contributed by atoms with Crippen LogP contribution in [0.15, 0.2) is 24.4 Å². The number of ether oxygens (including phenoxy) is 1. The van der Waals surface area contributed by atoms with Crippen molar-refractivity contribution in [2.75, 3.05) is 7.11 Å². The van der Waals surface area contributed by atoms with Gasteiger partial charge < -0.3 is 9.84 Å². The first-order valence-electron chi connectivity index (χ1n) is 6.87. The summed E-state index contributed by atoms with van der Waals surface area (Å²) in [6.45, 7) is 5.88. The largest absolute Gasteiger partial charge is 0.496 e. The van der Waals surface area contributed by atoms with E-state index in [0.717, 1.165) is 33.7 Å². The molecule has 0 aliphatic rings. The minimum atomic E-state index is -0.684. The van der Waals surface area contributed by atoms with E-state index < -0.39 is 6.10 Å². The zero-order valence-electron chi connectivity index (χ0n) is 12.8. The molecule has 0 aliphatic heterocycles. The minimum Gasteiger partial charge on any atom is -0.496 e. The van der Waals surface area contributed by atoms with E-state index in [0.29, 0.717) is 11.4 Å². The van der Waals surface area contributed by atoms with E-state index in [1.54, 1.807) is 13.3 Å². The quantitative estimate of drug-likeness (QED) is 0.930. The highest BCUT2D eigenvalue weighted by Gasteiger charge is 2.17. The highest BCUT2D eigenvalue weighted by atomic mass is 35.5. The van der Waals surface area contributed by atoms with Gasteiger partial charge in [-0.3, -0.25) is 4.98 Å². The van der Waals surface area contributed by atoms with Gasteiger partial charge in [-0.2, -0.15) is 0 Å². The average molecular weight is 306 g/mol. The van der Waals surface area contributed by atoms with Crippen LogP contribution in [0.5, 0.6) is 5.75 Å². The Bertz CT molecular complexity index is 655. The standard InChI is InChI=1S/C17H20ClNO2/c1-10-5-6-13(14(18)7-10)16(20)8-15-12(3)17(21-4)11(2)9-19-15/h5-7,9,16,20H,8H2,1-4H3. The van der Waals surface area contributed by atoms with Crippen molar-refractivity contribution >= 4 is 11.6 Å². The van der Waals surface area contributed by atoms with Crippen LogP contribution in [0.1, 0.15) is 34.1 Å². The number of aryl methyl sites for hydroxylation is 2. The Hall–Kier alpha value is -1.58. The van der Waals surface area contributed by atoms with Crippen LogP contribution in [0, 0.1) is 20.8 Å². The number of methoxy groups -OCH3 is 1. The van der Waals surface area contributed by atoms with E-state index in [1.165, 1.54) is 0 Å². The molecule has 2 aromatic rings. The first kappa shape index (κ1) is 15.8. The number of rotatable bonds is 4. The number of aliphatic hydroxyl groups excluding tert-OH is 1. The summed E-state index contributed by atoms with van der Waals surface area (Å²) in [4.78, 5) is 4.42. The normalized spacial score (nSPS) is 12.3. The van der Waals surface area contributed by atoms with Crippen molar-refractivity contribution in [1.29, 1.82) is 0 Å². The maximum absolute atomic E-state index is 10.4. The topological polar surface area (TPSA) is 42.4 Å². The van der Waals surface area contributed by atoms with Gasteiger partial charge in [-0.15, -0.1) is 0 Å². The van der Waals surface area contributed by atoms with E-state index in [9.17, 15) is 5.11 Å². The molecule has 0 amide bonds. The molecule has 0 saturated carbocycles. The molecule has 0 radical (unpaired) electrons. The van der Waals surface area contributed by atoms with Crippen LogP contribution in [0.3, 0.4) is 0 Å². The predicted molar refractivity (Wildman–Crippen MR) is 85.1 cm³/mol. The second kappa shape index (κ2) is 6.46. The first-order chi connectivity index (χ1) is 9.93. The Balaban J connectivity index is 2.29. The van der Waals surface area contributed by atoms with Crippen LogP contribution in [0.4, 0.5) is 0 Å². The van der Waals surface area contributed by atoms with Gasteiger partial charge in [-0.25, -0.2) is 0 Å². The number of hydrogen-bond donors (Lipinski definition) is 1. The first-order valence-corrected chi connectivity index (χ1v) is 7.25. The fourth-order valence-corrected chi connectivity index (χ4v) is 2.83. The third-order valence-electron chi connectivity index (χ3n) is 3.65. The number of aliphatic hydroxyl groups is 1. The zero-order valence-corrected chi connectivity index (χ0v) is 13.5. The second-order valence-corrected chi connectivity index (χ2v) is 5.70. The fraction of sp³-hybridized carbons (Fsp3) is 0.353. The highest BCUT2D eigenvalue weighted by Crippen LogP contribution is 2.30. The van der Waals surface area contributed by atoms with Gasteiger partial charge in [0.25, 0.3) is 0 Å². The molecule has 0 bridgehead atoms. The smallest absolute Gasteiger partial charge is 0.128 e. The summed E-state index contributed by atoms with van der Waals surface area (Å²) < 4.78 is 5.40. The van der Waals surface area contributed by atoms with Crippen molar-refractivity contribution in [1.82, 2.24) is 4.98 Å². The van der Waals surface area contributed by atoms with Gasteiger partial charge in [0.05, 0.1) is 13.2 Å². The van der Waals surface area contributed by atoms with Gasteiger partial charge in [-0.05, 0) is 38.0 Å². The molecule has 0 aliphatic carbocycles. The summed E-state index contributed by atoms with van der Waals surface area (Å²) in [7, 11) is 1.65. The van der Waals surface area contributed by atoms with Crippen molar-refractivity contribution in [3.05, 3.63) is 57.4 Å².